The molecule has 0 atom stereocenters. The Balaban J connectivity index is 1.15. The summed E-state index contributed by atoms with van der Waals surface area (Å²) >= 11 is 0. The number of nitrogens with zero attached hydrogens (tertiary/aromatic N) is 3. The van der Waals surface area contributed by atoms with Gasteiger partial charge >= 0.3 is 0 Å². The zero-order valence-electron chi connectivity index (χ0n) is 28.5. The average molecular weight is 676 g/mol. The van der Waals surface area contributed by atoms with Gasteiger partial charge in [-0.1, -0.05) is 146 Å². The average Bonchev–Trinajstić information content (AvgIpc) is 3.62. The molecule has 0 aliphatic rings. The van der Waals surface area contributed by atoms with E-state index >= 15 is 0 Å². The first-order valence-corrected chi connectivity index (χ1v) is 17.9. The minimum atomic E-state index is 0.630. The molecule has 4 nitrogen and oxygen atoms in total. The van der Waals surface area contributed by atoms with Crippen LogP contribution in [0.5, 0.6) is 0 Å². The van der Waals surface area contributed by atoms with E-state index < -0.39 is 0 Å². The number of hydrogen-bond donors (Lipinski definition) is 0. The van der Waals surface area contributed by atoms with E-state index in [1.54, 1.807) is 0 Å². The van der Waals surface area contributed by atoms with Crippen molar-refractivity contribution < 1.29 is 4.42 Å². The van der Waals surface area contributed by atoms with Crippen LogP contribution in [0.4, 0.5) is 0 Å². The molecule has 0 radical (unpaired) electrons. The molecule has 0 saturated heterocycles. The fourth-order valence-corrected chi connectivity index (χ4v) is 7.95. The second-order valence-electron chi connectivity index (χ2n) is 13.6. The molecular weight excluding hydrogens is 647 g/mol. The molecule has 0 spiro atoms. The molecule has 9 aromatic carbocycles. The molecule has 2 aromatic heterocycles. The smallest absolute Gasteiger partial charge is 0.164 e. The fourth-order valence-electron chi connectivity index (χ4n) is 7.95. The maximum absolute atomic E-state index is 6.28. The monoisotopic (exact) mass is 675 g/mol. The van der Waals surface area contributed by atoms with Crippen molar-refractivity contribution in [3.8, 4) is 45.3 Å². The molecule has 4 heteroatoms. The van der Waals surface area contributed by atoms with E-state index in [1.807, 2.05) is 18.2 Å². The fraction of sp³-hybridized carbons (Fsp3) is 0. The third kappa shape index (κ3) is 4.80. The predicted octanol–water partition coefficient (Wildman–Crippen LogP) is 13.1. The molecule has 0 unspecified atom stereocenters. The van der Waals surface area contributed by atoms with Crippen LogP contribution < -0.4 is 0 Å². The third-order valence-corrected chi connectivity index (χ3v) is 10.5. The van der Waals surface area contributed by atoms with Crippen LogP contribution in [-0.2, 0) is 0 Å². The van der Waals surface area contributed by atoms with Gasteiger partial charge in [0.05, 0.1) is 0 Å². The summed E-state index contributed by atoms with van der Waals surface area (Å²) in [6.07, 6.45) is 0. The first-order chi connectivity index (χ1) is 26.2. The van der Waals surface area contributed by atoms with E-state index in [2.05, 4.69) is 158 Å². The van der Waals surface area contributed by atoms with Crippen molar-refractivity contribution in [1.29, 1.82) is 0 Å². The Bertz CT molecular complexity index is 3250. The molecule has 2 heterocycles. The number of hydrogen-bond acceptors (Lipinski definition) is 4. The molecule has 0 aliphatic carbocycles. The van der Waals surface area contributed by atoms with Crippen molar-refractivity contribution in [2.75, 3.05) is 0 Å². The summed E-state index contributed by atoms with van der Waals surface area (Å²) in [7, 11) is 0. The minimum Gasteiger partial charge on any atom is -0.456 e. The van der Waals surface area contributed by atoms with Gasteiger partial charge in [0, 0.05) is 27.5 Å². The largest absolute Gasteiger partial charge is 0.456 e. The SMILES string of the molecule is c1ccc2cc(-c3nc(-c4ccc5ccc6ccccc6c5c4)nc(-c4ccc(-c5cccc6oc7ccccc7c56)c5ccccc45)n3)ccc2c1. The lowest BCUT2D eigenvalue weighted by Crippen LogP contribution is -2.01. The Morgan fingerprint density at radius 3 is 1.66 bits per heavy atom. The summed E-state index contributed by atoms with van der Waals surface area (Å²) in [5.74, 6) is 1.90. The normalized spacial score (nSPS) is 11.8. The number of para-hydroxylation sites is 1. The zero-order valence-corrected chi connectivity index (χ0v) is 28.5. The third-order valence-electron chi connectivity index (χ3n) is 10.5. The van der Waals surface area contributed by atoms with Gasteiger partial charge in [0.1, 0.15) is 11.2 Å². The molecule has 0 fully saturated rings. The van der Waals surface area contributed by atoms with Crippen molar-refractivity contribution in [3.63, 3.8) is 0 Å². The number of benzene rings is 9. The molecule has 11 aromatic rings. The summed E-state index contributed by atoms with van der Waals surface area (Å²) in [4.78, 5) is 15.6. The standard InChI is InChI=1S/C49H29N3O/c1-2-12-33-28-34(24-20-30(33)10-1)47-50-48(35-25-23-32-22-21-31-11-3-4-13-36(31)43(32)29-35)52-49(51-47)41-27-26-39(37-14-5-6-15-38(37)41)40-17-9-19-45-46(40)42-16-7-8-18-44(42)53-45/h1-29H. The second kappa shape index (κ2) is 11.7. The highest BCUT2D eigenvalue weighted by molar-refractivity contribution is 6.16. The van der Waals surface area contributed by atoms with Gasteiger partial charge in [0.25, 0.3) is 0 Å². The summed E-state index contributed by atoms with van der Waals surface area (Å²) in [6, 6.07) is 61.7. The number of rotatable bonds is 4. The van der Waals surface area contributed by atoms with Crippen LogP contribution in [-0.4, -0.2) is 15.0 Å². The highest BCUT2D eigenvalue weighted by atomic mass is 16.3. The molecule has 0 aliphatic heterocycles. The Hall–Kier alpha value is -7.17. The van der Waals surface area contributed by atoms with E-state index in [9.17, 15) is 0 Å². The molecule has 0 bridgehead atoms. The lowest BCUT2D eigenvalue weighted by atomic mass is 9.92. The van der Waals surface area contributed by atoms with Gasteiger partial charge in [-0.2, -0.15) is 0 Å². The number of aromatic nitrogens is 3. The van der Waals surface area contributed by atoms with Crippen LogP contribution in [0.15, 0.2) is 180 Å². The van der Waals surface area contributed by atoms with Crippen molar-refractivity contribution in [1.82, 2.24) is 15.0 Å². The Labute approximate surface area is 304 Å². The molecule has 246 valence electrons. The van der Waals surface area contributed by atoms with Crippen LogP contribution in [0.25, 0.3) is 110 Å². The molecular formula is C49H29N3O. The van der Waals surface area contributed by atoms with Crippen molar-refractivity contribution >= 4 is 65.0 Å². The predicted molar refractivity (Wildman–Crippen MR) is 219 cm³/mol. The van der Waals surface area contributed by atoms with Crippen molar-refractivity contribution in [2.24, 2.45) is 0 Å². The maximum Gasteiger partial charge on any atom is 0.164 e. The van der Waals surface area contributed by atoms with Crippen LogP contribution in [0.1, 0.15) is 0 Å². The zero-order chi connectivity index (χ0) is 34.9. The van der Waals surface area contributed by atoms with Gasteiger partial charge in [-0.25, -0.2) is 15.0 Å². The maximum atomic E-state index is 6.28. The quantitative estimate of drug-likeness (QED) is 0.174. The van der Waals surface area contributed by atoms with Gasteiger partial charge in [-0.05, 0) is 84.5 Å². The first-order valence-electron chi connectivity index (χ1n) is 17.9. The highest BCUT2D eigenvalue weighted by Crippen LogP contribution is 2.41. The molecule has 11 rings (SSSR count). The minimum absolute atomic E-state index is 0.630. The number of fused-ring (bicyclic) bond motifs is 8. The van der Waals surface area contributed by atoms with Crippen LogP contribution in [0.3, 0.4) is 0 Å². The first kappa shape index (κ1) is 29.5. The summed E-state index contributed by atoms with van der Waals surface area (Å²) in [6.45, 7) is 0. The van der Waals surface area contributed by atoms with Gasteiger partial charge in [0.2, 0.25) is 0 Å². The lowest BCUT2D eigenvalue weighted by Gasteiger charge is -2.14. The van der Waals surface area contributed by atoms with Gasteiger partial charge in [-0.3, -0.25) is 0 Å². The molecule has 0 N–H and O–H groups in total. The van der Waals surface area contributed by atoms with Crippen molar-refractivity contribution in [3.05, 3.63) is 176 Å². The van der Waals surface area contributed by atoms with Gasteiger partial charge < -0.3 is 4.42 Å². The van der Waals surface area contributed by atoms with Crippen molar-refractivity contribution in [2.45, 2.75) is 0 Å². The molecule has 0 amide bonds. The van der Waals surface area contributed by atoms with E-state index in [0.717, 1.165) is 65.9 Å². The van der Waals surface area contributed by atoms with Crippen LogP contribution in [0, 0.1) is 0 Å². The van der Waals surface area contributed by atoms with Crippen LogP contribution in [0.2, 0.25) is 0 Å². The van der Waals surface area contributed by atoms with Gasteiger partial charge in [0.15, 0.2) is 17.5 Å². The highest BCUT2D eigenvalue weighted by Gasteiger charge is 2.19. The van der Waals surface area contributed by atoms with E-state index in [4.69, 9.17) is 19.4 Å². The second-order valence-corrected chi connectivity index (χ2v) is 13.6. The lowest BCUT2D eigenvalue weighted by molar-refractivity contribution is 0.669. The molecule has 53 heavy (non-hydrogen) atoms. The Morgan fingerprint density at radius 2 is 0.849 bits per heavy atom. The Kier molecular flexibility index (Phi) is 6.52. The van der Waals surface area contributed by atoms with E-state index in [-0.39, 0.29) is 0 Å². The summed E-state index contributed by atoms with van der Waals surface area (Å²) in [5.41, 5.74) is 6.86. The summed E-state index contributed by atoms with van der Waals surface area (Å²) < 4.78 is 6.28. The number of furan rings is 1. The van der Waals surface area contributed by atoms with Gasteiger partial charge in [-0.15, -0.1) is 0 Å². The van der Waals surface area contributed by atoms with Crippen LogP contribution >= 0.6 is 0 Å². The Morgan fingerprint density at radius 1 is 0.302 bits per heavy atom. The van der Waals surface area contributed by atoms with E-state index in [0.29, 0.717) is 17.5 Å². The topological polar surface area (TPSA) is 51.8 Å². The molecule has 0 saturated carbocycles. The van der Waals surface area contributed by atoms with E-state index in [1.165, 1.54) is 26.9 Å². The summed E-state index contributed by atoms with van der Waals surface area (Å²) in [5, 5.41) is 11.5.